The molecule has 0 fully saturated rings. The van der Waals surface area contributed by atoms with E-state index in [0.717, 1.165) is 17.4 Å². The van der Waals surface area contributed by atoms with E-state index >= 15 is 0 Å². The summed E-state index contributed by atoms with van der Waals surface area (Å²) >= 11 is 1.45. The highest BCUT2D eigenvalue weighted by molar-refractivity contribution is 7.13. The Morgan fingerprint density at radius 2 is 2.44 bits per heavy atom. The van der Waals surface area contributed by atoms with Crippen molar-refractivity contribution in [2.75, 3.05) is 12.4 Å². The van der Waals surface area contributed by atoms with E-state index in [4.69, 9.17) is 0 Å². The average molecular weight is 266 g/mol. The van der Waals surface area contributed by atoms with Crippen LogP contribution >= 0.6 is 11.3 Å². The monoisotopic (exact) mass is 266 g/mol. The molecule has 2 aromatic heterocycles. The Morgan fingerprint density at radius 3 is 3.11 bits per heavy atom. The number of nitrogens with one attached hydrogen (secondary N) is 1. The molecule has 0 radical (unpaired) electrons. The number of hydrogen-bond donors (Lipinski definition) is 1. The van der Waals surface area contributed by atoms with Gasteiger partial charge < -0.3 is 10.1 Å². The van der Waals surface area contributed by atoms with Crippen LogP contribution in [0, 0.1) is 0 Å². The molecular formula is C11H14N4O2S. The minimum absolute atomic E-state index is 0.197. The van der Waals surface area contributed by atoms with Crippen molar-refractivity contribution in [1.82, 2.24) is 14.8 Å². The Labute approximate surface area is 109 Å². The molecule has 0 aliphatic heterocycles. The van der Waals surface area contributed by atoms with Gasteiger partial charge in [0.15, 0.2) is 5.13 Å². The van der Waals surface area contributed by atoms with Crippen LogP contribution in [0.1, 0.15) is 12.6 Å². The Hall–Kier alpha value is -1.89. The molecule has 6 nitrogen and oxygen atoms in total. The third-order valence-electron chi connectivity index (χ3n) is 2.31. The minimum Gasteiger partial charge on any atom is -0.469 e. The van der Waals surface area contributed by atoms with E-state index in [2.05, 4.69) is 20.1 Å². The maximum absolute atomic E-state index is 11.1. The number of esters is 1. The third-order valence-corrected chi connectivity index (χ3v) is 3.12. The number of anilines is 2. The predicted molar refractivity (Wildman–Crippen MR) is 69.0 cm³/mol. The lowest BCUT2D eigenvalue weighted by atomic mass is 10.3. The minimum atomic E-state index is -0.286. The van der Waals surface area contributed by atoms with Crippen molar-refractivity contribution in [3.05, 3.63) is 23.5 Å². The van der Waals surface area contributed by atoms with Crippen molar-refractivity contribution < 1.29 is 9.53 Å². The molecule has 0 amide bonds. The normalized spacial score (nSPS) is 10.3. The van der Waals surface area contributed by atoms with E-state index in [0.29, 0.717) is 5.69 Å². The quantitative estimate of drug-likeness (QED) is 0.836. The number of thiazole rings is 1. The van der Waals surface area contributed by atoms with Gasteiger partial charge in [-0.15, -0.1) is 11.3 Å². The summed E-state index contributed by atoms with van der Waals surface area (Å²) in [5.74, 6) is -0.286. The van der Waals surface area contributed by atoms with Crippen LogP contribution in [0.5, 0.6) is 0 Å². The maximum Gasteiger partial charge on any atom is 0.311 e. The highest BCUT2D eigenvalue weighted by atomic mass is 32.1. The van der Waals surface area contributed by atoms with Gasteiger partial charge in [0.25, 0.3) is 0 Å². The summed E-state index contributed by atoms with van der Waals surface area (Å²) < 4.78 is 6.42. The molecule has 2 aromatic rings. The molecule has 0 unspecified atom stereocenters. The van der Waals surface area contributed by atoms with Gasteiger partial charge in [0.1, 0.15) is 0 Å². The number of aryl methyl sites for hydroxylation is 1. The fourth-order valence-corrected chi connectivity index (χ4v) is 2.12. The van der Waals surface area contributed by atoms with Crippen LogP contribution in [0.15, 0.2) is 17.8 Å². The van der Waals surface area contributed by atoms with Crippen LogP contribution in [0.3, 0.4) is 0 Å². The standard InChI is InChI=1S/C11H14N4O2S/c1-3-15-6-9(5-12-15)14-11-13-8(7-18-11)4-10(16)17-2/h5-7H,3-4H2,1-2H3,(H,13,14). The molecule has 0 aliphatic carbocycles. The number of hydrogen-bond acceptors (Lipinski definition) is 6. The molecule has 0 spiro atoms. The summed E-state index contributed by atoms with van der Waals surface area (Å²) in [7, 11) is 1.37. The summed E-state index contributed by atoms with van der Waals surface area (Å²) in [4.78, 5) is 15.4. The van der Waals surface area contributed by atoms with Crippen molar-refractivity contribution in [2.45, 2.75) is 19.9 Å². The molecule has 18 heavy (non-hydrogen) atoms. The fraction of sp³-hybridized carbons (Fsp3) is 0.364. The summed E-state index contributed by atoms with van der Waals surface area (Å²) in [6.07, 6.45) is 3.84. The Kier molecular flexibility index (Phi) is 3.93. The van der Waals surface area contributed by atoms with Crippen molar-refractivity contribution in [3.8, 4) is 0 Å². The average Bonchev–Trinajstić information content (AvgIpc) is 2.99. The molecule has 2 heterocycles. The number of carbonyl (C=O) groups excluding carboxylic acids is 1. The van der Waals surface area contributed by atoms with Crippen LogP contribution in [-0.2, 0) is 22.5 Å². The van der Waals surface area contributed by atoms with Gasteiger partial charge in [0, 0.05) is 18.1 Å². The summed E-state index contributed by atoms with van der Waals surface area (Å²) in [5.41, 5.74) is 1.59. The van der Waals surface area contributed by atoms with Crippen LogP contribution in [0.4, 0.5) is 10.8 Å². The van der Waals surface area contributed by atoms with Crippen molar-refractivity contribution in [1.29, 1.82) is 0 Å². The number of ether oxygens (including phenoxy) is 1. The van der Waals surface area contributed by atoms with Crippen LogP contribution in [0.25, 0.3) is 0 Å². The smallest absolute Gasteiger partial charge is 0.311 e. The largest absolute Gasteiger partial charge is 0.469 e. The second-order valence-corrected chi connectivity index (χ2v) is 4.46. The third kappa shape index (κ3) is 3.07. The number of carbonyl (C=O) groups is 1. The van der Waals surface area contributed by atoms with Crippen molar-refractivity contribution >= 4 is 28.1 Å². The zero-order valence-electron chi connectivity index (χ0n) is 10.2. The first-order valence-electron chi connectivity index (χ1n) is 5.52. The Balaban J connectivity index is 1.99. The maximum atomic E-state index is 11.1. The second kappa shape index (κ2) is 5.63. The molecular weight excluding hydrogens is 252 g/mol. The Bertz CT molecular complexity index is 535. The molecule has 0 aromatic carbocycles. The van der Waals surface area contributed by atoms with E-state index in [9.17, 15) is 4.79 Å². The van der Waals surface area contributed by atoms with Crippen molar-refractivity contribution in [2.24, 2.45) is 0 Å². The SMILES string of the molecule is CCn1cc(Nc2nc(CC(=O)OC)cs2)cn1. The van der Waals surface area contributed by atoms with E-state index in [1.807, 2.05) is 23.2 Å². The molecule has 0 aliphatic rings. The molecule has 1 N–H and O–H groups in total. The highest BCUT2D eigenvalue weighted by Crippen LogP contribution is 2.20. The van der Waals surface area contributed by atoms with Gasteiger partial charge in [0.05, 0.1) is 31.1 Å². The van der Waals surface area contributed by atoms with Gasteiger partial charge in [-0.3, -0.25) is 9.48 Å². The lowest BCUT2D eigenvalue weighted by Crippen LogP contribution is -2.04. The molecule has 0 atom stereocenters. The molecule has 2 rings (SSSR count). The fourth-order valence-electron chi connectivity index (χ4n) is 1.39. The first kappa shape index (κ1) is 12.6. The van der Waals surface area contributed by atoms with Gasteiger partial charge in [-0.25, -0.2) is 4.98 Å². The van der Waals surface area contributed by atoms with E-state index in [1.54, 1.807) is 6.20 Å². The number of aromatic nitrogens is 3. The van der Waals surface area contributed by atoms with E-state index in [1.165, 1.54) is 18.4 Å². The van der Waals surface area contributed by atoms with Crippen LogP contribution < -0.4 is 5.32 Å². The number of rotatable bonds is 5. The second-order valence-electron chi connectivity index (χ2n) is 3.61. The lowest BCUT2D eigenvalue weighted by Gasteiger charge is -1.97. The summed E-state index contributed by atoms with van der Waals surface area (Å²) in [6, 6.07) is 0. The van der Waals surface area contributed by atoms with Gasteiger partial charge >= 0.3 is 5.97 Å². The van der Waals surface area contributed by atoms with Gasteiger partial charge in [0.2, 0.25) is 0 Å². The van der Waals surface area contributed by atoms with E-state index in [-0.39, 0.29) is 12.4 Å². The van der Waals surface area contributed by atoms with Crippen LogP contribution in [0.2, 0.25) is 0 Å². The first-order valence-corrected chi connectivity index (χ1v) is 6.40. The molecule has 0 saturated heterocycles. The molecule has 7 heteroatoms. The summed E-state index contributed by atoms with van der Waals surface area (Å²) in [5, 5.41) is 9.88. The van der Waals surface area contributed by atoms with Crippen LogP contribution in [-0.4, -0.2) is 27.8 Å². The predicted octanol–water partition coefficient (Wildman–Crippen LogP) is 1.82. The Morgan fingerprint density at radius 1 is 1.61 bits per heavy atom. The molecule has 96 valence electrons. The topological polar surface area (TPSA) is 69.0 Å². The number of nitrogens with zero attached hydrogens (tertiary/aromatic N) is 3. The van der Waals surface area contributed by atoms with E-state index < -0.39 is 0 Å². The molecule has 0 saturated carbocycles. The first-order chi connectivity index (χ1) is 8.71. The molecule has 0 bridgehead atoms. The van der Waals surface area contributed by atoms with Gasteiger partial charge in [-0.2, -0.15) is 5.10 Å². The highest BCUT2D eigenvalue weighted by Gasteiger charge is 2.08. The van der Waals surface area contributed by atoms with Crippen molar-refractivity contribution in [3.63, 3.8) is 0 Å². The zero-order chi connectivity index (χ0) is 13.0. The van der Waals surface area contributed by atoms with Gasteiger partial charge in [-0.05, 0) is 6.92 Å². The number of methoxy groups -OCH3 is 1. The lowest BCUT2D eigenvalue weighted by molar-refractivity contribution is -0.139. The summed E-state index contributed by atoms with van der Waals surface area (Å²) in [6.45, 7) is 2.85. The zero-order valence-corrected chi connectivity index (χ0v) is 11.0. The van der Waals surface area contributed by atoms with Gasteiger partial charge in [-0.1, -0.05) is 0 Å².